The van der Waals surface area contributed by atoms with Crippen molar-refractivity contribution in [1.82, 2.24) is 0 Å². The number of benzene rings is 2. The van der Waals surface area contributed by atoms with Gasteiger partial charge in [-0.15, -0.1) is 0 Å². The first-order valence-corrected chi connectivity index (χ1v) is 7.78. The van der Waals surface area contributed by atoms with Crippen molar-refractivity contribution in [2.24, 2.45) is 0 Å². The van der Waals surface area contributed by atoms with Gasteiger partial charge in [0, 0.05) is 16.1 Å². The van der Waals surface area contributed by atoms with E-state index in [2.05, 4.69) is 0 Å². The van der Waals surface area contributed by atoms with Crippen LogP contribution in [-0.2, 0) is 16.5 Å². The number of cyclic esters (lactones) is 1. The molecule has 2 nitrogen and oxygen atoms in total. The summed E-state index contributed by atoms with van der Waals surface area (Å²) in [4.78, 5) is 11.9. The summed E-state index contributed by atoms with van der Waals surface area (Å²) in [7, 11) is 0. The number of fused-ring (bicyclic) bond motifs is 1. The quantitative estimate of drug-likeness (QED) is 0.635. The summed E-state index contributed by atoms with van der Waals surface area (Å²) in [5.74, 6) is -0.389. The van der Waals surface area contributed by atoms with E-state index in [0.29, 0.717) is 23.1 Å². The van der Waals surface area contributed by atoms with Gasteiger partial charge in [0.2, 0.25) is 0 Å². The highest BCUT2D eigenvalue weighted by molar-refractivity contribution is 6.33. The standard InChI is InChI=1S/C18H14ClF3O2/c1-3-17(2)14-8-10(4-6-13(14)16(23)24-17)12-7-5-11(9-15(12)19)18(20,21)22/h4-9H,3H2,1-2H3. The van der Waals surface area contributed by atoms with Crippen LogP contribution in [0.25, 0.3) is 11.1 Å². The van der Waals surface area contributed by atoms with Gasteiger partial charge < -0.3 is 4.74 Å². The van der Waals surface area contributed by atoms with Crippen molar-refractivity contribution in [3.05, 3.63) is 58.1 Å². The van der Waals surface area contributed by atoms with Crippen LogP contribution < -0.4 is 0 Å². The van der Waals surface area contributed by atoms with Gasteiger partial charge in [0.15, 0.2) is 0 Å². The van der Waals surface area contributed by atoms with Gasteiger partial charge in [0.1, 0.15) is 5.60 Å². The Balaban J connectivity index is 2.10. The molecule has 0 fully saturated rings. The van der Waals surface area contributed by atoms with Crippen molar-refractivity contribution in [3.8, 4) is 11.1 Å². The third-order valence-electron chi connectivity index (χ3n) is 4.41. The number of hydrogen-bond donors (Lipinski definition) is 0. The number of carbonyl (C=O) groups excluding carboxylic acids is 1. The third-order valence-corrected chi connectivity index (χ3v) is 4.72. The zero-order valence-corrected chi connectivity index (χ0v) is 13.8. The van der Waals surface area contributed by atoms with Crippen molar-refractivity contribution < 1.29 is 22.7 Å². The second kappa shape index (κ2) is 5.52. The Morgan fingerprint density at radius 3 is 2.38 bits per heavy atom. The monoisotopic (exact) mass is 354 g/mol. The van der Waals surface area contributed by atoms with Crippen LogP contribution in [0.3, 0.4) is 0 Å². The number of esters is 1. The van der Waals surface area contributed by atoms with Crippen molar-refractivity contribution >= 4 is 17.6 Å². The van der Waals surface area contributed by atoms with Gasteiger partial charge in [-0.1, -0.05) is 30.7 Å². The lowest BCUT2D eigenvalue weighted by atomic mass is 9.89. The minimum atomic E-state index is -4.44. The van der Waals surface area contributed by atoms with Crippen molar-refractivity contribution in [3.63, 3.8) is 0 Å². The van der Waals surface area contributed by atoms with Crippen LogP contribution in [-0.4, -0.2) is 5.97 Å². The molecule has 2 aromatic carbocycles. The maximum Gasteiger partial charge on any atom is 0.416 e. The van der Waals surface area contributed by atoms with Crippen LogP contribution in [0.15, 0.2) is 36.4 Å². The summed E-state index contributed by atoms with van der Waals surface area (Å²) in [6.45, 7) is 3.72. The average molecular weight is 355 g/mol. The molecule has 0 aliphatic carbocycles. The van der Waals surface area contributed by atoms with E-state index in [0.717, 1.165) is 17.7 Å². The highest BCUT2D eigenvalue weighted by Gasteiger charge is 2.40. The number of halogens is 4. The second-order valence-corrected chi connectivity index (χ2v) is 6.33. The largest absolute Gasteiger partial charge is 0.451 e. The van der Waals surface area contributed by atoms with Gasteiger partial charge in [-0.05, 0) is 43.2 Å². The summed E-state index contributed by atoms with van der Waals surface area (Å²) in [6.07, 6.45) is -3.85. The van der Waals surface area contributed by atoms with Crippen LogP contribution >= 0.6 is 11.6 Å². The van der Waals surface area contributed by atoms with E-state index in [1.54, 1.807) is 18.2 Å². The summed E-state index contributed by atoms with van der Waals surface area (Å²) in [6, 6.07) is 8.30. The third kappa shape index (κ3) is 2.67. The molecule has 1 heterocycles. The zero-order chi connectivity index (χ0) is 17.7. The number of alkyl halides is 3. The molecule has 0 saturated carbocycles. The summed E-state index contributed by atoms with van der Waals surface area (Å²) < 4.78 is 43.7. The van der Waals surface area contributed by atoms with Gasteiger partial charge in [0.05, 0.1) is 11.1 Å². The molecule has 3 rings (SSSR count). The molecule has 0 radical (unpaired) electrons. The molecule has 1 aliphatic rings. The van der Waals surface area contributed by atoms with Crippen LogP contribution in [0, 0.1) is 0 Å². The highest BCUT2D eigenvalue weighted by atomic mass is 35.5. The molecule has 126 valence electrons. The van der Waals surface area contributed by atoms with E-state index in [1.807, 2.05) is 13.8 Å². The first-order chi connectivity index (χ1) is 11.2. The topological polar surface area (TPSA) is 26.3 Å². The Labute approximate surface area is 142 Å². The lowest BCUT2D eigenvalue weighted by Gasteiger charge is -2.22. The normalized spacial score (nSPS) is 20.0. The van der Waals surface area contributed by atoms with Crippen LogP contribution in [0.4, 0.5) is 13.2 Å². The molecule has 1 atom stereocenters. The molecule has 0 amide bonds. The minimum absolute atomic E-state index is 0.00761. The molecule has 0 spiro atoms. The predicted octanol–water partition coefficient (Wildman–Crippen LogP) is 5.82. The van der Waals surface area contributed by atoms with E-state index in [4.69, 9.17) is 16.3 Å². The van der Waals surface area contributed by atoms with E-state index < -0.39 is 17.3 Å². The fourth-order valence-corrected chi connectivity index (χ4v) is 3.12. The lowest BCUT2D eigenvalue weighted by Crippen LogP contribution is -2.20. The maximum atomic E-state index is 12.8. The lowest BCUT2D eigenvalue weighted by molar-refractivity contribution is -0.137. The Hall–Kier alpha value is -2.01. The Bertz CT molecular complexity index is 829. The Morgan fingerprint density at radius 1 is 1.12 bits per heavy atom. The molecule has 1 aliphatic heterocycles. The smallest absolute Gasteiger partial charge is 0.416 e. The van der Waals surface area contributed by atoms with Gasteiger partial charge in [0.25, 0.3) is 0 Å². The minimum Gasteiger partial charge on any atom is -0.451 e. The fourth-order valence-electron chi connectivity index (χ4n) is 2.83. The van der Waals surface area contributed by atoms with Crippen molar-refractivity contribution in [1.29, 1.82) is 0 Å². The predicted molar refractivity (Wildman–Crippen MR) is 84.9 cm³/mol. The molecule has 0 bridgehead atoms. The first-order valence-electron chi connectivity index (χ1n) is 7.41. The van der Waals surface area contributed by atoms with Gasteiger partial charge in [-0.25, -0.2) is 4.79 Å². The van der Waals surface area contributed by atoms with Gasteiger partial charge >= 0.3 is 12.1 Å². The SMILES string of the molecule is CCC1(C)OC(=O)c2ccc(-c3ccc(C(F)(F)F)cc3Cl)cc21. The molecule has 2 aromatic rings. The van der Waals surface area contributed by atoms with Gasteiger partial charge in [-0.3, -0.25) is 0 Å². The molecular weight excluding hydrogens is 341 g/mol. The fraction of sp³-hybridized carbons (Fsp3) is 0.278. The summed E-state index contributed by atoms with van der Waals surface area (Å²) >= 11 is 6.06. The summed E-state index contributed by atoms with van der Waals surface area (Å²) in [5, 5.41) is 0.00761. The van der Waals surface area contributed by atoms with Crippen molar-refractivity contribution in [2.45, 2.75) is 32.0 Å². The van der Waals surface area contributed by atoms with E-state index >= 15 is 0 Å². The number of hydrogen-bond acceptors (Lipinski definition) is 2. The number of ether oxygens (including phenoxy) is 1. The zero-order valence-electron chi connectivity index (χ0n) is 13.0. The van der Waals surface area contributed by atoms with E-state index in [-0.39, 0.29) is 11.0 Å². The average Bonchev–Trinajstić information content (AvgIpc) is 2.78. The summed E-state index contributed by atoms with van der Waals surface area (Å²) in [5.41, 5.74) is 0.792. The number of carbonyl (C=O) groups is 1. The van der Waals surface area contributed by atoms with Crippen LogP contribution in [0.1, 0.15) is 41.8 Å². The molecule has 0 N–H and O–H groups in total. The van der Waals surface area contributed by atoms with E-state index in [9.17, 15) is 18.0 Å². The molecule has 6 heteroatoms. The second-order valence-electron chi connectivity index (χ2n) is 5.93. The van der Waals surface area contributed by atoms with Crippen LogP contribution in [0.2, 0.25) is 5.02 Å². The number of rotatable bonds is 2. The Kier molecular flexibility index (Phi) is 3.87. The molecule has 24 heavy (non-hydrogen) atoms. The first kappa shape index (κ1) is 16.8. The Morgan fingerprint density at radius 2 is 1.79 bits per heavy atom. The van der Waals surface area contributed by atoms with E-state index in [1.165, 1.54) is 6.07 Å². The molecule has 1 unspecified atom stereocenters. The maximum absolute atomic E-state index is 12.8. The molecule has 0 saturated heterocycles. The molecule has 0 aromatic heterocycles. The van der Waals surface area contributed by atoms with Gasteiger partial charge in [-0.2, -0.15) is 13.2 Å². The highest BCUT2D eigenvalue weighted by Crippen LogP contribution is 2.42. The van der Waals surface area contributed by atoms with Crippen LogP contribution in [0.5, 0.6) is 0 Å². The molecular formula is C18H14ClF3O2. The van der Waals surface area contributed by atoms with Crippen molar-refractivity contribution in [2.75, 3.05) is 0 Å².